The Kier molecular flexibility index (Phi) is 77.4. The zero-order valence-corrected chi connectivity index (χ0v) is 8.27. The molecule has 0 spiro atoms. The van der Waals surface area contributed by atoms with E-state index in [1.54, 1.807) is 0 Å². The van der Waals surface area contributed by atoms with E-state index in [0.29, 0.717) is 0 Å². The Morgan fingerprint density at radius 2 is 0.750 bits per heavy atom. The van der Waals surface area contributed by atoms with E-state index in [4.69, 9.17) is 18.6 Å². The van der Waals surface area contributed by atoms with Gasteiger partial charge in [0.05, 0.1) is 14.9 Å². The molecular formula is C6H14Cl2O4. The molecule has 0 amide bonds. The second kappa shape index (κ2) is 31.1. The molecule has 0 aromatic carbocycles. The molecule has 1 N–H and O–H groups in total. The van der Waals surface area contributed by atoms with Crippen molar-refractivity contribution in [1.29, 1.82) is 0 Å². The number of hydrogen-bond acceptors (Lipinski definition) is 4. The molecule has 76 valence electrons. The average Bonchev–Trinajstić information content (AvgIpc) is 1.96. The van der Waals surface area contributed by atoms with Gasteiger partial charge < -0.3 is 0 Å². The first kappa shape index (κ1) is 29.9. The largest absolute Gasteiger partial charge is 0.183 e. The first-order chi connectivity index (χ1) is 5.00. The predicted octanol–water partition coefficient (Wildman–Crippen LogP) is -1.30. The molecule has 0 atom stereocenters. The summed E-state index contributed by atoms with van der Waals surface area (Å²) in [5.74, 6) is 0. The molecule has 0 radical (unpaired) electrons. The van der Waals surface area contributed by atoms with Crippen LogP contribution in [0, 0.1) is 10.2 Å². The van der Waals surface area contributed by atoms with Crippen LogP contribution in [0.4, 0.5) is 0 Å². The lowest BCUT2D eigenvalue weighted by Crippen LogP contribution is -2.58. The van der Waals surface area contributed by atoms with E-state index >= 15 is 0 Å². The van der Waals surface area contributed by atoms with Crippen LogP contribution in [0.15, 0.2) is 39.5 Å². The van der Waals surface area contributed by atoms with Gasteiger partial charge in [0.2, 0.25) is 0 Å². The van der Waals surface area contributed by atoms with Crippen LogP contribution in [-0.4, -0.2) is 4.66 Å². The standard InChI is InChI=1S/3C2H4.ClHO4.ClH/c3*1-2;2-1(3,4)5;/h3*1-2H2;(H,2,3,4,5);1H. The summed E-state index contributed by atoms with van der Waals surface area (Å²) in [6, 6.07) is 0. The predicted molar refractivity (Wildman–Crippen MR) is 43.2 cm³/mol. The summed E-state index contributed by atoms with van der Waals surface area (Å²) in [5, 5.41) is 0. The zero-order valence-electron chi connectivity index (χ0n) is 6.70. The van der Waals surface area contributed by atoms with Gasteiger partial charge in [-0.15, -0.1) is 51.9 Å². The molecule has 0 saturated carbocycles. The Bertz CT molecular complexity index is 54.3. The average molecular weight is 221 g/mol. The highest BCUT2D eigenvalue weighted by Gasteiger charge is 1.98. The van der Waals surface area contributed by atoms with Crippen molar-refractivity contribution in [2.75, 3.05) is 0 Å². The molecule has 0 rings (SSSR count). The molecule has 0 saturated heterocycles. The van der Waals surface area contributed by atoms with Crippen LogP contribution in [0.2, 0.25) is 0 Å². The van der Waals surface area contributed by atoms with E-state index in [0.717, 1.165) is 0 Å². The molecular weight excluding hydrogens is 207 g/mol. The van der Waals surface area contributed by atoms with Gasteiger partial charge in [-0.05, 0) is 0 Å². The van der Waals surface area contributed by atoms with E-state index in [1.165, 1.54) is 0 Å². The van der Waals surface area contributed by atoms with E-state index < -0.39 is 10.2 Å². The Balaban J connectivity index is -0.0000000203. The number of rotatable bonds is 0. The molecule has 12 heavy (non-hydrogen) atoms. The summed E-state index contributed by atoms with van der Waals surface area (Å²) in [4.78, 5) is 0. The van der Waals surface area contributed by atoms with Crippen LogP contribution < -0.4 is 14.0 Å². The minimum absolute atomic E-state index is 0. The third kappa shape index (κ3) is 5550. The normalized spacial score (nSPS) is 6.00. The van der Waals surface area contributed by atoms with E-state index in [2.05, 4.69) is 39.5 Å². The molecule has 4 nitrogen and oxygen atoms in total. The smallest absolute Gasteiger partial charge is 0.0777 e. The minimum atomic E-state index is -4.69. The highest BCUT2D eigenvalue weighted by atomic mass is 35.7. The maximum atomic E-state index is 8.60. The van der Waals surface area contributed by atoms with Crippen molar-refractivity contribution in [1.82, 2.24) is 0 Å². The number of hydrogen-bond donors (Lipinski definition) is 1. The summed E-state index contributed by atoms with van der Waals surface area (Å²) in [6.45, 7) is 18.0. The second-order valence-electron chi connectivity index (χ2n) is 0.396. The molecule has 6 heteroatoms. The fraction of sp³-hybridized carbons (Fsp3) is 0. The SMILES string of the molecule is C=C.C=C.C=C.Cl.[O-][Cl+3]([O-])([O-])O. The molecule has 0 aliphatic heterocycles. The third-order valence-electron chi connectivity index (χ3n) is 0. The van der Waals surface area contributed by atoms with Crippen molar-refractivity contribution < 1.29 is 28.9 Å². The van der Waals surface area contributed by atoms with Crippen LogP contribution in [0.5, 0.6) is 0 Å². The van der Waals surface area contributed by atoms with Gasteiger partial charge in [0, 0.05) is 0 Å². The molecule has 0 aromatic rings. The molecule has 0 aromatic heterocycles. The monoisotopic (exact) mass is 220 g/mol. The second-order valence-corrected chi connectivity index (χ2v) is 1.19. The van der Waals surface area contributed by atoms with Crippen LogP contribution in [0.1, 0.15) is 0 Å². The Morgan fingerprint density at radius 1 is 0.750 bits per heavy atom. The first-order valence-electron chi connectivity index (χ1n) is 2.13. The Hall–Kier alpha value is -0.360. The zero-order chi connectivity index (χ0) is 10.5. The molecule has 0 unspecified atom stereocenters. The molecule has 0 bridgehead atoms. The fourth-order valence-electron chi connectivity index (χ4n) is 0. The highest BCUT2D eigenvalue weighted by molar-refractivity contribution is 5.85. The topological polar surface area (TPSA) is 89.4 Å². The first-order valence-corrected chi connectivity index (χ1v) is 3.40. The van der Waals surface area contributed by atoms with E-state index in [1.807, 2.05) is 0 Å². The maximum absolute atomic E-state index is 8.60. The van der Waals surface area contributed by atoms with Crippen molar-refractivity contribution in [3.63, 3.8) is 0 Å². The van der Waals surface area contributed by atoms with Crippen molar-refractivity contribution in [2.24, 2.45) is 0 Å². The summed E-state index contributed by atoms with van der Waals surface area (Å²) in [5.41, 5.74) is 0. The van der Waals surface area contributed by atoms with Crippen molar-refractivity contribution in [2.45, 2.75) is 0 Å². The summed E-state index contributed by atoms with van der Waals surface area (Å²) in [7, 11) is -4.69. The van der Waals surface area contributed by atoms with Gasteiger partial charge in [-0.25, -0.2) is 0 Å². The fourth-order valence-corrected chi connectivity index (χ4v) is 0. The minimum Gasteiger partial charge on any atom is -0.183 e. The maximum Gasteiger partial charge on any atom is 0.0777 e. The lowest BCUT2D eigenvalue weighted by molar-refractivity contribution is -1.92. The molecule has 0 fully saturated rings. The van der Waals surface area contributed by atoms with Crippen LogP contribution >= 0.6 is 12.4 Å². The van der Waals surface area contributed by atoms with Crippen LogP contribution in [0.3, 0.4) is 0 Å². The molecule has 0 aliphatic carbocycles. The lowest BCUT2D eigenvalue weighted by atomic mass is 11.3. The highest BCUT2D eigenvalue weighted by Crippen LogP contribution is 1.60. The number of halogens is 2. The third-order valence-corrected chi connectivity index (χ3v) is 0. The van der Waals surface area contributed by atoms with Crippen molar-refractivity contribution in [3.8, 4) is 0 Å². The molecule has 0 aliphatic rings. The van der Waals surface area contributed by atoms with Gasteiger partial charge in [-0.1, -0.05) is 0 Å². The van der Waals surface area contributed by atoms with Gasteiger partial charge in [-0.2, -0.15) is 14.0 Å². The lowest BCUT2D eigenvalue weighted by Gasteiger charge is -2.03. The molecule has 0 heterocycles. The van der Waals surface area contributed by atoms with Crippen LogP contribution in [-0.2, 0) is 0 Å². The van der Waals surface area contributed by atoms with Gasteiger partial charge in [0.25, 0.3) is 0 Å². The van der Waals surface area contributed by atoms with Gasteiger partial charge in [0.1, 0.15) is 0 Å². The Labute approximate surface area is 81.3 Å². The summed E-state index contributed by atoms with van der Waals surface area (Å²) >= 11 is 0. The van der Waals surface area contributed by atoms with Gasteiger partial charge in [-0.3, -0.25) is 0 Å². The quantitative estimate of drug-likeness (QED) is 0.515. The Morgan fingerprint density at radius 3 is 0.750 bits per heavy atom. The van der Waals surface area contributed by atoms with Crippen molar-refractivity contribution >= 4 is 12.4 Å². The van der Waals surface area contributed by atoms with E-state index in [9.17, 15) is 0 Å². The summed E-state index contributed by atoms with van der Waals surface area (Å²) in [6.07, 6.45) is 0. The van der Waals surface area contributed by atoms with E-state index in [-0.39, 0.29) is 12.4 Å². The van der Waals surface area contributed by atoms with Gasteiger partial charge >= 0.3 is 0 Å². The summed E-state index contributed by atoms with van der Waals surface area (Å²) < 4.78 is 32.7. The van der Waals surface area contributed by atoms with Gasteiger partial charge in [0.15, 0.2) is 0 Å². The van der Waals surface area contributed by atoms with Crippen LogP contribution in [0.25, 0.3) is 0 Å². The van der Waals surface area contributed by atoms with Crippen molar-refractivity contribution in [3.05, 3.63) is 39.5 Å².